The van der Waals surface area contributed by atoms with Crippen molar-refractivity contribution in [3.05, 3.63) is 51.7 Å². The van der Waals surface area contributed by atoms with Gasteiger partial charge >= 0.3 is 0 Å². The Labute approximate surface area is 103 Å². The minimum absolute atomic E-state index is 0.205. The molecule has 2 aromatic rings. The predicted molar refractivity (Wildman–Crippen MR) is 67.4 cm³/mol. The minimum Gasteiger partial charge on any atom is -0.378 e. The van der Waals surface area contributed by atoms with Gasteiger partial charge in [0.1, 0.15) is 0 Å². The van der Waals surface area contributed by atoms with Gasteiger partial charge in [-0.25, -0.2) is 8.78 Å². The molecule has 2 rings (SSSR count). The summed E-state index contributed by atoms with van der Waals surface area (Å²) in [6, 6.07) is 8.21. The largest absolute Gasteiger partial charge is 0.378 e. The average molecular weight is 253 g/mol. The van der Waals surface area contributed by atoms with Crippen molar-refractivity contribution in [3.63, 3.8) is 0 Å². The first-order valence-electron chi connectivity index (χ1n) is 5.46. The molecule has 0 unspecified atom stereocenters. The molecule has 0 amide bonds. The van der Waals surface area contributed by atoms with Gasteiger partial charge in [-0.1, -0.05) is 13.0 Å². The van der Waals surface area contributed by atoms with Gasteiger partial charge in [0.05, 0.1) is 5.69 Å². The lowest BCUT2D eigenvalue weighted by molar-refractivity contribution is 0.511. The second-order valence-corrected chi connectivity index (χ2v) is 4.93. The summed E-state index contributed by atoms with van der Waals surface area (Å²) in [5, 5.41) is 2.90. The summed E-state index contributed by atoms with van der Waals surface area (Å²) in [7, 11) is 0. The number of hydrogen-bond acceptors (Lipinski definition) is 2. The maximum absolute atomic E-state index is 13.3. The number of halogens is 2. The molecular weight excluding hydrogens is 240 g/mol. The fraction of sp³-hybridized carbons (Fsp3) is 0.231. The van der Waals surface area contributed by atoms with Crippen molar-refractivity contribution in [1.82, 2.24) is 0 Å². The van der Waals surface area contributed by atoms with Crippen LogP contribution in [-0.4, -0.2) is 0 Å². The predicted octanol–water partition coefficient (Wildman–Crippen LogP) is 4.20. The normalized spacial score (nSPS) is 10.5. The van der Waals surface area contributed by atoms with Crippen molar-refractivity contribution in [2.75, 3.05) is 5.32 Å². The second-order valence-electron chi connectivity index (χ2n) is 3.68. The molecule has 1 N–H and O–H groups in total. The maximum atomic E-state index is 13.3. The number of hydrogen-bond donors (Lipinski definition) is 1. The van der Waals surface area contributed by atoms with E-state index in [1.54, 1.807) is 11.3 Å². The van der Waals surface area contributed by atoms with Crippen molar-refractivity contribution in [2.45, 2.75) is 19.9 Å². The molecule has 0 saturated heterocycles. The van der Waals surface area contributed by atoms with Gasteiger partial charge in [-0.05, 0) is 30.7 Å². The van der Waals surface area contributed by atoms with E-state index in [1.165, 1.54) is 17.0 Å². The third-order valence-corrected chi connectivity index (χ3v) is 3.70. The smallest absolute Gasteiger partial charge is 0.181 e. The Morgan fingerprint density at radius 3 is 2.59 bits per heavy atom. The Bertz CT molecular complexity index is 508. The van der Waals surface area contributed by atoms with Gasteiger partial charge in [-0.3, -0.25) is 0 Å². The van der Waals surface area contributed by atoms with E-state index in [2.05, 4.69) is 18.3 Å². The third kappa shape index (κ3) is 2.82. The first-order valence-corrected chi connectivity index (χ1v) is 6.28. The second kappa shape index (κ2) is 5.27. The molecular formula is C13H13F2NS. The third-order valence-electron chi connectivity index (χ3n) is 2.47. The highest BCUT2D eigenvalue weighted by Gasteiger charge is 2.07. The van der Waals surface area contributed by atoms with Crippen LogP contribution in [0.3, 0.4) is 0 Å². The van der Waals surface area contributed by atoms with Crippen LogP contribution < -0.4 is 5.32 Å². The Balaban J connectivity index is 2.04. The zero-order valence-electron chi connectivity index (χ0n) is 9.47. The van der Waals surface area contributed by atoms with Gasteiger partial charge in [0.25, 0.3) is 0 Å². The molecule has 0 aliphatic heterocycles. The number of rotatable bonds is 4. The molecule has 0 aliphatic carbocycles. The molecule has 0 atom stereocenters. The molecule has 0 saturated carbocycles. The van der Waals surface area contributed by atoms with Gasteiger partial charge in [0.2, 0.25) is 0 Å². The summed E-state index contributed by atoms with van der Waals surface area (Å²) in [5.74, 6) is -1.64. The number of thiophene rings is 1. The number of aryl methyl sites for hydroxylation is 1. The molecule has 1 heterocycles. The summed E-state index contributed by atoms with van der Waals surface area (Å²) >= 11 is 1.68. The van der Waals surface area contributed by atoms with Crippen LogP contribution in [0.1, 0.15) is 16.7 Å². The number of anilines is 1. The SMILES string of the molecule is CCc1ccc(CNc2cccc(F)c2F)s1. The standard InChI is InChI=1S/C13H13F2NS/c1-2-9-6-7-10(17-9)8-16-12-5-3-4-11(14)13(12)15/h3-7,16H,2,8H2,1H3. The maximum Gasteiger partial charge on any atom is 0.181 e. The molecule has 0 bridgehead atoms. The summed E-state index contributed by atoms with van der Waals surface area (Å²) < 4.78 is 26.3. The monoisotopic (exact) mass is 253 g/mol. The van der Waals surface area contributed by atoms with Gasteiger partial charge in [-0.15, -0.1) is 11.3 Å². The fourth-order valence-corrected chi connectivity index (χ4v) is 2.43. The highest BCUT2D eigenvalue weighted by Crippen LogP contribution is 2.21. The lowest BCUT2D eigenvalue weighted by Gasteiger charge is -2.06. The fourth-order valence-electron chi connectivity index (χ4n) is 1.53. The van der Waals surface area contributed by atoms with Crippen molar-refractivity contribution < 1.29 is 8.78 Å². The molecule has 17 heavy (non-hydrogen) atoms. The van der Waals surface area contributed by atoms with Crippen LogP contribution >= 0.6 is 11.3 Å². The van der Waals surface area contributed by atoms with Gasteiger partial charge in [0.15, 0.2) is 11.6 Å². The van der Waals surface area contributed by atoms with E-state index in [0.717, 1.165) is 17.4 Å². The van der Waals surface area contributed by atoms with E-state index in [9.17, 15) is 8.78 Å². The molecule has 0 fully saturated rings. The molecule has 1 aromatic carbocycles. The van der Waals surface area contributed by atoms with Crippen LogP contribution in [0, 0.1) is 11.6 Å². The molecule has 4 heteroatoms. The topological polar surface area (TPSA) is 12.0 Å². The molecule has 0 spiro atoms. The molecule has 90 valence electrons. The van der Waals surface area contributed by atoms with Gasteiger partial charge < -0.3 is 5.32 Å². The zero-order valence-corrected chi connectivity index (χ0v) is 10.3. The summed E-state index contributed by atoms with van der Waals surface area (Å²) in [4.78, 5) is 2.41. The Morgan fingerprint density at radius 1 is 1.12 bits per heavy atom. The van der Waals surface area contributed by atoms with Crippen LogP contribution in [0.2, 0.25) is 0 Å². The number of benzene rings is 1. The molecule has 1 nitrogen and oxygen atoms in total. The summed E-state index contributed by atoms with van der Waals surface area (Å²) in [5.41, 5.74) is 0.205. The number of nitrogens with one attached hydrogen (secondary N) is 1. The van der Waals surface area contributed by atoms with Crippen LogP contribution in [0.25, 0.3) is 0 Å². The Kier molecular flexibility index (Phi) is 3.74. The highest BCUT2D eigenvalue weighted by atomic mass is 32.1. The lowest BCUT2D eigenvalue weighted by atomic mass is 10.3. The highest BCUT2D eigenvalue weighted by molar-refractivity contribution is 7.12. The quantitative estimate of drug-likeness (QED) is 0.861. The Morgan fingerprint density at radius 2 is 1.88 bits per heavy atom. The molecule has 0 radical (unpaired) electrons. The first-order chi connectivity index (χ1) is 8.20. The average Bonchev–Trinajstić information content (AvgIpc) is 2.79. The van der Waals surface area contributed by atoms with Crippen LogP contribution in [0.4, 0.5) is 14.5 Å². The van der Waals surface area contributed by atoms with E-state index >= 15 is 0 Å². The minimum atomic E-state index is -0.824. The summed E-state index contributed by atoms with van der Waals surface area (Å²) in [6.45, 7) is 2.61. The van der Waals surface area contributed by atoms with Crippen molar-refractivity contribution >= 4 is 17.0 Å². The van der Waals surface area contributed by atoms with Crippen LogP contribution in [0.15, 0.2) is 30.3 Å². The van der Waals surface area contributed by atoms with E-state index in [-0.39, 0.29) is 5.69 Å². The van der Waals surface area contributed by atoms with Crippen molar-refractivity contribution in [2.24, 2.45) is 0 Å². The van der Waals surface area contributed by atoms with E-state index < -0.39 is 11.6 Å². The Hall–Kier alpha value is -1.42. The lowest BCUT2D eigenvalue weighted by Crippen LogP contribution is -2.01. The van der Waals surface area contributed by atoms with E-state index in [0.29, 0.717) is 6.54 Å². The molecule has 0 aliphatic rings. The first kappa shape index (κ1) is 12.0. The van der Waals surface area contributed by atoms with E-state index in [1.807, 2.05) is 6.07 Å². The van der Waals surface area contributed by atoms with Crippen LogP contribution in [0.5, 0.6) is 0 Å². The van der Waals surface area contributed by atoms with Crippen LogP contribution in [-0.2, 0) is 13.0 Å². The van der Waals surface area contributed by atoms with E-state index in [4.69, 9.17) is 0 Å². The van der Waals surface area contributed by atoms with Crippen molar-refractivity contribution in [3.8, 4) is 0 Å². The van der Waals surface area contributed by atoms with Crippen molar-refractivity contribution in [1.29, 1.82) is 0 Å². The van der Waals surface area contributed by atoms with Gasteiger partial charge in [-0.2, -0.15) is 0 Å². The zero-order chi connectivity index (χ0) is 12.3. The van der Waals surface area contributed by atoms with Gasteiger partial charge in [0, 0.05) is 16.3 Å². The molecule has 1 aromatic heterocycles. The summed E-state index contributed by atoms with van der Waals surface area (Å²) in [6.07, 6.45) is 0.999.